The number of aromatic nitrogens is 1. The predicted octanol–water partition coefficient (Wildman–Crippen LogP) is 3.28. The lowest BCUT2D eigenvalue weighted by Crippen LogP contribution is -2.10. The van der Waals surface area contributed by atoms with Gasteiger partial charge in [-0.05, 0) is 31.2 Å². The van der Waals surface area contributed by atoms with Crippen LogP contribution in [0.15, 0.2) is 30.3 Å². The third-order valence-electron chi connectivity index (χ3n) is 2.96. The van der Waals surface area contributed by atoms with Crippen molar-refractivity contribution in [2.45, 2.75) is 20.3 Å². The van der Waals surface area contributed by atoms with Gasteiger partial charge in [-0.2, -0.15) is 5.26 Å². The van der Waals surface area contributed by atoms with E-state index in [1.165, 1.54) is 0 Å². The van der Waals surface area contributed by atoms with Crippen molar-refractivity contribution in [2.75, 3.05) is 0 Å². The molecule has 0 aliphatic carbocycles. The summed E-state index contributed by atoms with van der Waals surface area (Å²) in [7, 11) is 0. The molecular formula is C15H14N2O. The molecule has 1 atom stereocenters. The molecule has 0 N–H and O–H groups in total. The molecule has 3 nitrogen and oxygen atoms in total. The molecule has 2 aromatic rings. The van der Waals surface area contributed by atoms with Crippen LogP contribution in [0.1, 0.15) is 29.4 Å². The lowest BCUT2D eigenvalue weighted by atomic mass is 9.96. The van der Waals surface area contributed by atoms with Crippen molar-refractivity contribution in [3.8, 4) is 6.07 Å². The van der Waals surface area contributed by atoms with E-state index in [2.05, 4.69) is 4.98 Å². The SMILES string of the molecule is Cc1ccc2cc(C(=O)C(C)CC#N)ccc2n1. The summed E-state index contributed by atoms with van der Waals surface area (Å²) in [6.07, 6.45) is 0.253. The zero-order valence-electron chi connectivity index (χ0n) is 10.5. The van der Waals surface area contributed by atoms with E-state index < -0.39 is 0 Å². The lowest BCUT2D eigenvalue weighted by molar-refractivity contribution is 0.0932. The van der Waals surface area contributed by atoms with Gasteiger partial charge in [-0.3, -0.25) is 9.78 Å². The minimum Gasteiger partial charge on any atom is -0.294 e. The van der Waals surface area contributed by atoms with Crippen molar-refractivity contribution in [3.63, 3.8) is 0 Å². The van der Waals surface area contributed by atoms with Crippen molar-refractivity contribution in [1.29, 1.82) is 5.26 Å². The molecule has 0 saturated heterocycles. The molecule has 0 radical (unpaired) electrons. The minimum absolute atomic E-state index is 0.0130. The van der Waals surface area contributed by atoms with Crippen LogP contribution in [0.25, 0.3) is 10.9 Å². The first-order valence-corrected chi connectivity index (χ1v) is 5.90. The smallest absolute Gasteiger partial charge is 0.166 e. The Balaban J connectivity index is 2.39. The topological polar surface area (TPSA) is 53.8 Å². The summed E-state index contributed by atoms with van der Waals surface area (Å²) in [6.45, 7) is 3.72. The maximum Gasteiger partial charge on any atom is 0.166 e. The van der Waals surface area contributed by atoms with E-state index in [0.29, 0.717) is 5.56 Å². The fourth-order valence-corrected chi connectivity index (χ4v) is 1.89. The Hall–Kier alpha value is -2.21. The number of carbonyl (C=O) groups is 1. The maximum atomic E-state index is 12.1. The van der Waals surface area contributed by atoms with Gasteiger partial charge < -0.3 is 0 Å². The first-order valence-electron chi connectivity index (χ1n) is 5.90. The van der Waals surface area contributed by atoms with Gasteiger partial charge in [0.05, 0.1) is 11.6 Å². The Morgan fingerprint density at radius 1 is 1.39 bits per heavy atom. The Bertz CT molecular complexity index is 640. The van der Waals surface area contributed by atoms with Gasteiger partial charge in [-0.1, -0.05) is 13.0 Å². The number of aryl methyl sites for hydroxylation is 1. The molecule has 0 amide bonds. The Kier molecular flexibility index (Phi) is 3.38. The highest BCUT2D eigenvalue weighted by atomic mass is 16.1. The van der Waals surface area contributed by atoms with Gasteiger partial charge in [0.15, 0.2) is 5.78 Å². The summed E-state index contributed by atoms with van der Waals surface area (Å²) in [5.74, 6) is -0.245. The number of Topliss-reactive ketones (excluding diaryl/α,β-unsaturated/α-hetero) is 1. The average molecular weight is 238 g/mol. The van der Waals surface area contributed by atoms with Crippen LogP contribution in [0.3, 0.4) is 0 Å². The average Bonchev–Trinajstić information content (AvgIpc) is 2.37. The highest BCUT2D eigenvalue weighted by molar-refractivity contribution is 6.00. The molecule has 0 spiro atoms. The van der Waals surface area contributed by atoms with Crippen LogP contribution in [0.2, 0.25) is 0 Å². The number of hydrogen-bond donors (Lipinski definition) is 0. The van der Waals surface area contributed by atoms with Crippen LogP contribution in [0.4, 0.5) is 0 Å². The summed E-state index contributed by atoms with van der Waals surface area (Å²) in [6, 6.07) is 11.4. The number of fused-ring (bicyclic) bond motifs is 1. The van der Waals surface area contributed by atoms with Gasteiger partial charge in [-0.25, -0.2) is 0 Å². The Labute approximate surface area is 106 Å². The van der Waals surface area contributed by atoms with Crippen molar-refractivity contribution in [3.05, 3.63) is 41.6 Å². The number of nitriles is 1. The molecule has 1 aromatic carbocycles. The maximum absolute atomic E-state index is 12.1. The fraction of sp³-hybridized carbons (Fsp3) is 0.267. The zero-order chi connectivity index (χ0) is 13.1. The zero-order valence-corrected chi connectivity index (χ0v) is 10.5. The summed E-state index contributed by atoms with van der Waals surface area (Å²) in [5, 5.41) is 9.58. The van der Waals surface area contributed by atoms with E-state index in [4.69, 9.17) is 5.26 Å². The first kappa shape index (κ1) is 12.3. The summed E-state index contributed by atoms with van der Waals surface area (Å²) in [4.78, 5) is 16.5. The molecule has 2 rings (SSSR count). The quantitative estimate of drug-likeness (QED) is 0.771. The number of ketones is 1. The predicted molar refractivity (Wildman–Crippen MR) is 70.2 cm³/mol. The highest BCUT2D eigenvalue weighted by Crippen LogP contribution is 2.18. The van der Waals surface area contributed by atoms with Gasteiger partial charge >= 0.3 is 0 Å². The number of rotatable bonds is 3. The van der Waals surface area contributed by atoms with Crippen molar-refractivity contribution < 1.29 is 4.79 Å². The van der Waals surface area contributed by atoms with Crippen molar-refractivity contribution >= 4 is 16.7 Å². The van der Waals surface area contributed by atoms with E-state index in [1.807, 2.05) is 37.3 Å². The van der Waals surface area contributed by atoms with E-state index in [0.717, 1.165) is 16.6 Å². The molecule has 1 unspecified atom stereocenters. The number of benzene rings is 1. The molecule has 1 aromatic heterocycles. The van der Waals surface area contributed by atoms with Crippen LogP contribution >= 0.6 is 0 Å². The third kappa shape index (κ3) is 2.38. The highest BCUT2D eigenvalue weighted by Gasteiger charge is 2.15. The number of nitrogens with zero attached hydrogens (tertiary/aromatic N) is 2. The molecule has 0 saturated carbocycles. The van der Waals surface area contributed by atoms with Crippen LogP contribution < -0.4 is 0 Å². The molecule has 0 aliphatic rings. The molecule has 0 bridgehead atoms. The third-order valence-corrected chi connectivity index (χ3v) is 2.96. The second kappa shape index (κ2) is 4.97. The van der Waals surface area contributed by atoms with Gasteiger partial charge in [0.25, 0.3) is 0 Å². The van der Waals surface area contributed by atoms with Gasteiger partial charge in [-0.15, -0.1) is 0 Å². The van der Waals surface area contributed by atoms with Crippen LogP contribution in [-0.4, -0.2) is 10.8 Å². The van der Waals surface area contributed by atoms with Crippen molar-refractivity contribution in [2.24, 2.45) is 5.92 Å². The molecule has 3 heteroatoms. The summed E-state index contributed by atoms with van der Waals surface area (Å²) < 4.78 is 0. The van der Waals surface area contributed by atoms with Crippen LogP contribution in [-0.2, 0) is 0 Å². The minimum atomic E-state index is -0.258. The molecule has 0 fully saturated rings. The normalized spacial score (nSPS) is 12.1. The molecule has 1 heterocycles. The van der Waals surface area contributed by atoms with E-state index in [-0.39, 0.29) is 18.1 Å². The molecular weight excluding hydrogens is 224 g/mol. The van der Waals surface area contributed by atoms with E-state index in [1.54, 1.807) is 13.0 Å². The summed E-state index contributed by atoms with van der Waals surface area (Å²) >= 11 is 0. The standard InChI is InChI=1S/C15H14N2O/c1-10(7-8-16)15(18)13-5-6-14-12(9-13)4-3-11(2)17-14/h3-6,9-10H,7H2,1-2H3. The first-order chi connectivity index (χ1) is 8.61. The second-order valence-corrected chi connectivity index (χ2v) is 4.49. The van der Waals surface area contributed by atoms with Crippen LogP contribution in [0, 0.1) is 24.2 Å². The number of pyridine rings is 1. The van der Waals surface area contributed by atoms with Gasteiger partial charge in [0.2, 0.25) is 0 Å². The summed E-state index contributed by atoms with van der Waals surface area (Å²) in [5.41, 5.74) is 2.50. The fourth-order valence-electron chi connectivity index (χ4n) is 1.89. The monoisotopic (exact) mass is 238 g/mol. The van der Waals surface area contributed by atoms with E-state index in [9.17, 15) is 4.79 Å². The van der Waals surface area contributed by atoms with Gasteiger partial charge in [0.1, 0.15) is 0 Å². The van der Waals surface area contributed by atoms with Crippen molar-refractivity contribution in [1.82, 2.24) is 4.98 Å². The van der Waals surface area contributed by atoms with Crippen LogP contribution in [0.5, 0.6) is 0 Å². The second-order valence-electron chi connectivity index (χ2n) is 4.49. The van der Waals surface area contributed by atoms with E-state index >= 15 is 0 Å². The molecule has 90 valence electrons. The molecule has 0 aliphatic heterocycles. The lowest BCUT2D eigenvalue weighted by Gasteiger charge is -2.07. The Morgan fingerprint density at radius 2 is 2.17 bits per heavy atom. The number of hydrogen-bond acceptors (Lipinski definition) is 3. The Morgan fingerprint density at radius 3 is 2.89 bits per heavy atom. The molecule has 18 heavy (non-hydrogen) atoms. The van der Waals surface area contributed by atoms with Gasteiger partial charge in [0, 0.05) is 29.0 Å². The largest absolute Gasteiger partial charge is 0.294 e. The number of carbonyl (C=O) groups excluding carboxylic acids is 1.